The van der Waals surface area contributed by atoms with Gasteiger partial charge >= 0.3 is 0 Å². The second-order valence-corrected chi connectivity index (χ2v) is 2.88. The minimum Gasteiger partial charge on any atom is -0.206 e. The first-order valence-corrected chi connectivity index (χ1v) is 4.02. The summed E-state index contributed by atoms with van der Waals surface area (Å²) in [7, 11) is 0. The molecule has 1 aromatic rings. The number of rotatable bonds is 1. The van der Waals surface area contributed by atoms with E-state index in [1.807, 2.05) is 0 Å². The maximum absolute atomic E-state index is 13.1. The molecule has 0 amide bonds. The molecule has 0 radical (unpaired) electrons. The first kappa shape index (κ1) is 10.2. The fourth-order valence-corrected chi connectivity index (χ4v) is 1.02. The summed E-state index contributed by atoms with van der Waals surface area (Å²) in [6.45, 7) is 0. The van der Waals surface area contributed by atoms with Gasteiger partial charge in [0, 0.05) is 10.6 Å². The van der Waals surface area contributed by atoms with Crippen LogP contribution in [-0.2, 0) is 0 Å². The van der Waals surface area contributed by atoms with E-state index < -0.39 is 5.82 Å². The quantitative estimate of drug-likeness (QED) is 0.664. The molecule has 0 aromatic heterocycles. The Kier molecular flexibility index (Phi) is 3.23. The van der Waals surface area contributed by atoms with Gasteiger partial charge in [-0.2, -0.15) is 10.5 Å². The number of halogens is 2. The van der Waals surface area contributed by atoms with Crippen molar-refractivity contribution in [2.24, 2.45) is 0 Å². The Morgan fingerprint density at radius 3 is 2.50 bits per heavy atom. The molecule has 4 heteroatoms. The molecule has 0 saturated heterocycles. The molecule has 1 rings (SSSR count). The Morgan fingerprint density at radius 2 is 2.00 bits per heavy atom. The molecule has 1 aromatic carbocycles. The van der Waals surface area contributed by atoms with Crippen LogP contribution in [0.1, 0.15) is 5.56 Å². The molecule has 0 unspecified atom stereocenters. The maximum Gasteiger partial charge on any atom is 0.131 e. The van der Waals surface area contributed by atoms with E-state index in [1.165, 1.54) is 18.2 Å². The van der Waals surface area contributed by atoms with E-state index in [0.29, 0.717) is 0 Å². The number of benzene rings is 1. The highest BCUT2D eigenvalue weighted by molar-refractivity contribution is 6.30. The molecule has 0 aliphatic carbocycles. The Morgan fingerprint density at radius 1 is 1.36 bits per heavy atom. The van der Waals surface area contributed by atoms with Gasteiger partial charge in [-0.15, -0.1) is 0 Å². The standard InChI is InChI=1S/C10H4ClFN2/c11-9-2-1-8(10(12)4-9)3-7(5-13)6-14/h1-4H. The highest BCUT2D eigenvalue weighted by Gasteiger charge is 2.01. The summed E-state index contributed by atoms with van der Waals surface area (Å²) in [6.07, 6.45) is 1.17. The predicted octanol–water partition coefficient (Wildman–Crippen LogP) is 2.91. The van der Waals surface area contributed by atoms with Gasteiger partial charge < -0.3 is 0 Å². The van der Waals surface area contributed by atoms with Crippen molar-refractivity contribution in [2.75, 3.05) is 0 Å². The van der Waals surface area contributed by atoms with Gasteiger partial charge in [0.15, 0.2) is 0 Å². The van der Waals surface area contributed by atoms with Crippen LogP contribution < -0.4 is 0 Å². The molecule has 14 heavy (non-hydrogen) atoms. The normalized spacial score (nSPS) is 8.57. The topological polar surface area (TPSA) is 47.6 Å². The Hall–Kier alpha value is -1.84. The van der Waals surface area contributed by atoms with Crippen LogP contribution in [0, 0.1) is 28.5 Å². The number of hydrogen-bond donors (Lipinski definition) is 0. The zero-order valence-corrected chi connectivity index (χ0v) is 7.72. The summed E-state index contributed by atoms with van der Waals surface area (Å²) in [5, 5.41) is 17.2. The van der Waals surface area contributed by atoms with Crippen molar-refractivity contribution in [1.29, 1.82) is 10.5 Å². The van der Waals surface area contributed by atoms with Crippen LogP contribution in [0.2, 0.25) is 5.02 Å². The van der Waals surface area contributed by atoms with E-state index in [1.54, 1.807) is 12.1 Å². The lowest BCUT2D eigenvalue weighted by Gasteiger charge is -1.96. The van der Waals surface area contributed by atoms with E-state index in [4.69, 9.17) is 22.1 Å². The Labute approximate surface area is 85.5 Å². The highest BCUT2D eigenvalue weighted by atomic mass is 35.5. The summed E-state index contributed by atoms with van der Waals surface area (Å²) >= 11 is 5.53. The van der Waals surface area contributed by atoms with Crippen molar-refractivity contribution in [2.45, 2.75) is 0 Å². The van der Waals surface area contributed by atoms with Gasteiger partial charge in [-0.1, -0.05) is 17.7 Å². The van der Waals surface area contributed by atoms with Crippen LogP contribution in [0.15, 0.2) is 23.8 Å². The second kappa shape index (κ2) is 4.41. The third kappa shape index (κ3) is 2.32. The SMILES string of the molecule is N#CC(C#N)=Cc1ccc(Cl)cc1F. The molecule has 0 bridgehead atoms. The fourth-order valence-electron chi connectivity index (χ4n) is 0.864. The van der Waals surface area contributed by atoms with Gasteiger partial charge in [-0.3, -0.25) is 0 Å². The highest BCUT2D eigenvalue weighted by Crippen LogP contribution is 2.16. The first-order valence-electron chi connectivity index (χ1n) is 3.64. The number of hydrogen-bond acceptors (Lipinski definition) is 2. The third-order valence-corrected chi connectivity index (χ3v) is 1.74. The number of nitrogens with zero attached hydrogens (tertiary/aromatic N) is 2. The van der Waals surface area contributed by atoms with Crippen LogP contribution in [0.3, 0.4) is 0 Å². The molecule has 0 saturated carbocycles. The van der Waals surface area contributed by atoms with E-state index in [2.05, 4.69) is 0 Å². The second-order valence-electron chi connectivity index (χ2n) is 2.45. The molecule has 0 atom stereocenters. The van der Waals surface area contributed by atoms with Gasteiger partial charge in [0.25, 0.3) is 0 Å². The molecule has 68 valence electrons. The van der Waals surface area contributed by atoms with Crippen LogP contribution in [0.25, 0.3) is 6.08 Å². The molecule has 0 aliphatic rings. The third-order valence-electron chi connectivity index (χ3n) is 1.50. The first-order chi connectivity index (χ1) is 6.67. The molecule has 0 N–H and O–H groups in total. The average molecular weight is 207 g/mol. The van der Waals surface area contributed by atoms with Crippen LogP contribution in [0.5, 0.6) is 0 Å². The van der Waals surface area contributed by atoms with E-state index in [0.717, 1.165) is 6.07 Å². The van der Waals surface area contributed by atoms with Gasteiger partial charge in [0.2, 0.25) is 0 Å². The molecule has 0 fully saturated rings. The molecular formula is C10H4ClFN2. The Bertz CT molecular complexity index is 450. The van der Waals surface area contributed by atoms with Crippen molar-refractivity contribution in [3.05, 3.63) is 40.2 Å². The lowest BCUT2D eigenvalue weighted by Crippen LogP contribution is -1.82. The van der Waals surface area contributed by atoms with Crippen LogP contribution in [0.4, 0.5) is 4.39 Å². The van der Waals surface area contributed by atoms with E-state index in [-0.39, 0.29) is 16.2 Å². The summed E-state index contributed by atoms with van der Waals surface area (Å²) < 4.78 is 13.1. The predicted molar refractivity (Wildman–Crippen MR) is 50.6 cm³/mol. The van der Waals surface area contributed by atoms with Crippen molar-refractivity contribution >= 4 is 17.7 Å². The smallest absolute Gasteiger partial charge is 0.131 e. The lowest BCUT2D eigenvalue weighted by atomic mass is 10.1. The fraction of sp³-hybridized carbons (Fsp3) is 0. The largest absolute Gasteiger partial charge is 0.206 e. The van der Waals surface area contributed by atoms with Gasteiger partial charge in [-0.05, 0) is 18.2 Å². The van der Waals surface area contributed by atoms with Gasteiger partial charge in [0.1, 0.15) is 23.5 Å². The molecule has 0 spiro atoms. The van der Waals surface area contributed by atoms with Crippen molar-refractivity contribution < 1.29 is 4.39 Å². The molecule has 0 aliphatic heterocycles. The lowest BCUT2D eigenvalue weighted by molar-refractivity contribution is 0.625. The summed E-state index contributed by atoms with van der Waals surface area (Å²) in [4.78, 5) is 0. The van der Waals surface area contributed by atoms with Crippen molar-refractivity contribution in [1.82, 2.24) is 0 Å². The minimum atomic E-state index is -0.555. The monoisotopic (exact) mass is 206 g/mol. The molecule has 2 nitrogen and oxygen atoms in total. The van der Waals surface area contributed by atoms with Crippen LogP contribution >= 0.6 is 11.6 Å². The van der Waals surface area contributed by atoms with Crippen molar-refractivity contribution in [3.8, 4) is 12.1 Å². The number of nitriles is 2. The molecule has 0 heterocycles. The Balaban J connectivity index is 3.18. The summed E-state index contributed by atoms with van der Waals surface area (Å²) in [5.74, 6) is -0.555. The minimum absolute atomic E-state index is 0.147. The zero-order valence-electron chi connectivity index (χ0n) is 6.96. The average Bonchev–Trinajstić information content (AvgIpc) is 2.17. The van der Waals surface area contributed by atoms with Crippen molar-refractivity contribution in [3.63, 3.8) is 0 Å². The van der Waals surface area contributed by atoms with E-state index >= 15 is 0 Å². The van der Waals surface area contributed by atoms with Gasteiger partial charge in [-0.25, -0.2) is 4.39 Å². The number of allylic oxidation sites excluding steroid dienone is 1. The maximum atomic E-state index is 13.1. The zero-order chi connectivity index (χ0) is 10.6. The summed E-state index contributed by atoms with van der Waals surface area (Å²) in [5.41, 5.74) is 0.0266. The molecular weight excluding hydrogens is 203 g/mol. The van der Waals surface area contributed by atoms with Crippen LogP contribution in [-0.4, -0.2) is 0 Å². The van der Waals surface area contributed by atoms with E-state index in [9.17, 15) is 4.39 Å². The summed E-state index contributed by atoms with van der Waals surface area (Å²) in [6, 6.07) is 7.31. The van der Waals surface area contributed by atoms with Gasteiger partial charge in [0.05, 0.1) is 0 Å².